The molecule has 4 rings (SSSR count). The molecule has 4 nitrogen and oxygen atoms in total. The van der Waals surface area contributed by atoms with Crippen LogP contribution in [0.15, 0.2) is 12.1 Å². The molecule has 1 aromatic carbocycles. The summed E-state index contributed by atoms with van der Waals surface area (Å²) in [6, 6.07) is 4.13. The summed E-state index contributed by atoms with van der Waals surface area (Å²) in [5, 5.41) is 3.38. The largest absolute Gasteiger partial charge is 0.465 e. The molecule has 0 aromatic heterocycles. The van der Waals surface area contributed by atoms with Gasteiger partial charge in [-0.25, -0.2) is 9.18 Å². The third-order valence-corrected chi connectivity index (χ3v) is 6.25. The molecule has 1 N–H and O–H groups in total. The van der Waals surface area contributed by atoms with E-state index in [0.29, 0.717) is 23.1 Å². The first kappa shape index (κ1) is 16.0. The van der Waals surface area contributed by atoms with Crippen LogP contribution in [0, 0.1) is 11.2 Å². The number of carbonyl (C=O) groups excluding carboxylic acids is 1. The van der Waals surface area contributed by atoms with Crippen molar-refractivity contribution < 1.29 is 13.9 Å². The zero-order chi connectivity index (χ0) is 16.9. The number of hydrogen-bond donors (Lipinski definition) is 1. The van der Waals surface area contributed by atoms with Gasteiger partial charge < -0.3 is 10.1 Å². The molecule has 1 aliphatic carbocycles. The van der Waals surface area contributed by atoms with Crippen LogP contribution in [-0.4, -0.2) is 43.2 Å². The zero-order valence-corrected chi connectivity index (χ0v) is 14.4. The molecule has 1 saturated heterocycles. The van der Waals surface area contributed by atoms with Gasteiger partial charge in [0.2, 0.25) is 0 Å². The first-order valence-electron chi connectivity index (χ1n) is 8.91. The molecule has 130 valence electrons. The van der Waals surface area contributed by atoms with Crippen LogP contribution < -0.4 is 5.32 Å². The maximum absolute atomic E-state index is 14.5. The number of ether oxygens (including phenoxy) is 1. The molecule has 0 amide bonds. The number of methoxy groups -OCH3 is 1. The van der Waals surface area contributed by atoms with Crippen LogP contribution in [0.2, 0.25) is 0 Å². The highest BCUT2D eigenvalue weighted by Gasteiger charge is 2.51. The quantitative estimate of drug-likeness (QED) is 0.864. The lowest BCUT2D eigenvalue weighted by Crippen LogP contribution is -2.66. The molecule has 0 radical (unpaired) electrons. The molecule has 1 saturated carbocycles. The zero-order valence-electron chi connectivity index (χ0n) is 14.4. The lowest BCUT2D eigenvalue weighted by atomic mass is 9.60. The van der Waals surface area contributed by atoms with Crippen molar-refractivity contribution in [2.24, 2.45) is 5.41 Å². The van der Waals surface area contributed by atoms with E-state index in [1.807, 2.05) is 6.07 Å². The highest BCUT2D eigenvalue weighted by Crippen LogP contribution is 2.48. The fraction of sp³-hybridized carbons (Fsp3) is 0.632. The van der Waals surface area contributed by atoms with Crippen molar-refractivity contribution in [1.82, 2.24) is 10.2 Å². The second-order valence-corrected chi connectivity index (χ2v) is 7.69. The van der Waals surface area contributed by atoms with Gasteiger partial charge in [-0.2, -0.15) is 0 Å². The Kier molecular flexibility index (Phi) is 3.88. The van der Waals surface area contributed by atoms with Crippen LogP contribution >= 0.6 is 0 Å². The number of rotatable bonds is 3. The van der Waals surface area contributed by atoms with E-state index in [1.54, 1.807) is 0 Å². The fourth-order valence-electron chi connectivity index (χ4n) is 4.73. The third kappa shape index (κ3) is 2.45. The van der Waals surface area contributed by atoms with E-state index in [1.165, 1.54) is 26.0 Å². The summed E-state index contributed by atoms with van der Waals surface area (Å²) in [4.78, 5) is 14.3. The molecule has 5 heteroatoms. The Bertz CT molecular complexity index is 664. The second kappa shape index (κ2) is 5.81. The molecule has 1 atom stereocenters. The van der Waals surface area contributed by atoms with E-state index in [9.17, 15) is 9.18 Å². The predicted octanol–water partition coefficient (Wildman–Crippen LogP) is 2.50. The van der Waals surface area contributed by atoms with E-state index < -0.39 is 5.97 Å². The molecular weight excluding hydrogens is 307 g/mol. The minimum absolute atomic E-state index is 0.265. The van der Waals surface area contributed by atoms with Crippen molar-refractivity contribution in [2.45, 2.75) is 51.2 Å². The van der Waals surface area contributed by atoms with Crippen molar-refractivity contribution >= 4 is 5.97 Å². The first-order valence-corrected chi connectivity index (χ1v) is 8.91. The Hall–Kier alpha value is -1.46. The standard InChI is InChI=1S/C19H25FN2O2/c1-3-14-6-16-13(4-12(5-17(16)20)18(23)24-2)9-22(14)15-7-19(8-15)10-21-11-19/h4-5,14-15,21H,3,6-11H2,1-2H3. The molecule has 0 bridgehead atoms. The Morgan fingerprint density at radius 1 is 1.42 bits per heavy atom. The highest BCUT2D eigenvalue weighted by molar-refractivity contribution is 5.89. The topological polar surface area (TPSA) is 41.6 Å². The van der Waals surface area contributed by atoms with Gasteiger partial charge >= 0.3 is 5.97 Å². The van der Waals surface area contributed by atoms with Gasteiger partial charge in [-0.15, -0.1) is 0 Å². The molecule has 1 spiro atoms. The Balaban J connectivity index is 1.59. The SMILES string of the molecule is CCC1Cc2c(F)cc(C(=O)OC)cc2CN1C1CC2(CNC2)C1. The van der Waals surface area contributed by atoms with Gasteiger partial charge in [-0.3, -0.25) is 4.90 Å². The average molecular weight is 332 g/mol. The van der Waals surface area contributed by atoms with Crippen LogP contribution in [0.3, 0.4) is 0 Å². The minimum atomic E-state index is -0.469. The maximum Gasteiger partial charge on any atom is 0.337 e. The fourth-order valence-corrected chi connectivity index (χ4v) is 4.73. The summed E-state index contributed by atoms with van der Waals surface area (Å²) in [6.45, 7) is 5.21. The predicted molar refractivity (Wildman–Crippen MR) is 89.4 cm³/mol. The van der Waals surface area contributed by atoms with Crippen molar-refractivity contribution in [3.8, 4) is 0 Å². The van der Waals surface area contributed by atoms with Crippen LogP contribution in [0.4, 0.5) is 4.39 Å². The van der Waals surface area contributed by atoms with Gasteiger partial charge in [0.1, 0.15) is 5.82 Å². The number of nitrogens with one attached hydrogen (secondary N) is 1. The van der Waals surface area contributed by atoms with Crippen molar-refractivity contribution in [3.63, 3.8) is 0 Å². The number of fused-ring (bicyclic) bond motifs is 1. The molecule has 3 aliphatic rings. The lowest BCUT2D eigenvalue weighted by molar-refractivity contribution is -0.0597. The number of esters is 1. The molecule has 1 unspecified atom stereocenters. The number of benzene rings is 1. The Morgan fingerprint density at radius 3 is 2.75 bits per heavy atom. The van der Waals surface area contributed by atoms with E-state index >= 15 is 0 Å². The van der Waals surface area contributed by atoms with Crippen LogP contribution in [0.25, 0.3) is 0 Å². The molecule has 2 heterocycles. The van der Waals surface area contributed by atoms with Gasteiger partial charge in [0.05, 0.1) is 12.7 Å². The number of halogens is 1. The van der Waals surface area contributed by atoms with E-state index in [4.69, 9.17) is 4.74 Å². The number of carbonyl (C=O) groups is 1. The second-order valence-electron chi connectivity index (χ2n) is 7.69. The van der Waals surface area contributed by atoms with Crippen LogP contribution in [0.5, 0.6) is 0 Å². The molecule has 2 fully saturated rings. The highest BCUT2D eigenvalue weighted by atomic mass is 19.1. The Labute approximate surface area is 142 Å². The summed E-state index contributed by atoms with van der Waals surface area (Å²) in [5.74, 6) is -0.733. The van der Waals surface area contributed by atoms with Gasteiger partial charge in [0.25, 0.3) is 0 Å². The normalized spacial score (nSPS) is 25.7. The minimum Gasteiger partial charge on any atom is -0.465 e. The number of nitrogens with zero attached hydrogens (tertiary/aromatic N) is 1. The first-order chi connectivity index (χ1) is 11.5. The molecule has 1 aromatic rings. The third-order valence-electron chi connectivity index (χ3n) is 6.25. The summed E-state index contributed by atoms with van der Waals surface area (Å²) in [7, 11) is 1.33. The molecule has 24 heavy (non-hydrogen) atoms. The molecular formula is C19H25FN2O2. The lowest BCUT2D eigenvalue weighted by Gasteiger charge is -2.59. The van der Waals surface area contributed by atoms with E-state index in [-0.39, 0.29) is 5.82 Å². The van der Waals surface area contributed by atoms with Gasteiger partial charge in [-0.1, -0.05) is 6.92 Å². The Morgan fingerprint density at radius 2 is 2.17 bits per heavy atom. The monoisotopic (exact) mass is 332 g/mol. The number of hydrogen-bond acceptors (Lipinski definition) is 4. The van der Waals surface area contributed by atoms with Gasteiger partial charge in [0, 0.05) is 31.7 Å². The summed E-state index contributed by atoms with van der Waals surface area (Å²) in [5.41, 5.74) is 2.58. The van der Waals surface area contributed by atoms with Gasteiger partial charge in [0.15, 0.2) is 0 Å². The maximum atomic E-state index is 14.5. The molecule has 2 aliphatic heterocycles. The van der Waals surface area contributed by atoms with E-state index in [2.05, 4.69) is 17.1 Å². The van der Waals surface area contributed by atoms with Crippen LogP contribution in [0.1, 0.15) is 47.7 Å². The smallest absolute Gasteiger partial charge is 0.337 e. The van der Waals surface area contributed by atoms with Crippen molar-refractivity contribution in [1.29, 1.82) is 0 Å². The van der Waals surface area contributed by atoms with E-state index in [0.717, 1.165) is 43.6 Å². The summed E-state index contributed by atoms with van der Waals surface area (Å²) < 4.78 is 19.3. The summed E-state index contributed by atoms with van der Waals surface area (Å²) >= 11 is 0. The van der Waals surface area contributed by atoms with Crippen molar-refractivity contribution in [3.05, 3.63) is 34.6 Å². The average Bonchev–Trinajstić information content (AvgIpc) is 2.50. The van der Waals surface area contributed by atoms with Gasteiger partial charge in [-0.05, 0) is 54.4 Å². The summed E-state index contributed by atoms with van der Waals surface area (Å²) in [6.07, 6.45) is 4.25. The van der Waals surface area contributed by atoms with Crippen molar-refractivity contribution in [2.75, 3.05) is 20.2 Å². The van der Waals surface area contributed by atoms with Crippen LogP contribution in [-0.2, 0) is 17.7 Å².